The minimum atomic E-state index is -4.46. The normalized spacial score (nSPS) is 21.7. The Morgan fingerprint density at radius 2 is 2.21 bits per heavy atom. The van der Waals surface area contributed by atoms with Gasteiger partial charge >= 0.3 is 6.18 Å². The summed E-state index contributed by atoms with van der Waals surface area (Å²) in [5.41, 5.74) is -0.496. The lowest BCUT2D eigenvalue weighted by atomic mass is 9.99. The van der Waals surface area contributed by atoms with Crippen LogP contribution in [-0.4, -0.2) is 56.7 Å². The molecule has 0 aliphatic carbocycles. The van der Waals surface area contributed by atoms with Crippen molar-refractivity contribution < 1.29 is 26.3 Å². The van der Waals surface area contributed by atoms with Crippen molar-refractivity contribution in [1.82, 2.24) is 19.8 Å². The van der Waals surface area contributed by atoms with Crippen molar-refractivity contribution in [3.8, 4) is 0 Å². The maximum Gasteiger partial charge on any atom is 0.408 e. The van der Waals surface area contributed by atoms with E-state index in [9.17, 15) is 21.6 Å². The average molecular weight is 393 g/mol. The molecule has 1 aliphatic rings. The van der Waals surface area contributed by atoms with Gasteiger partial charge in [0.2, 0.25) is 10.0 Å². The number of rotatable bonds is 7. The van der Waals surface area contributed by atoms with Crippen molar-refractivity contribution in [1.29, 1.82) is 0 Å². The smallest absolute Gasteiger partial charge is 0.383 e. The van der Waals surface area contributed by atoms with E-state index < -0.39 is 28.3 Å². The van der Waals surface area contributed by atoms with Gasteiger partial charge in [-0.15, -0.1) is 12.4 Å². The van der Waals surface area contributed by atoms with E-state index in [0.717, 1.165) is 31.8 Å². The molecule has 7 nitrogen and oxygen atoms in total. The highest BCUT2D eigenvalue weighted by atomic mass is 35.5. The summed E-state index contributed by atoms with van der Waals surface area (Å²) in [5.74, 6) is 0. The van der Waals surface area contributed by atoms with Gasteiger partial charge < -0.3 is 10.1 Å². The molecule has 1 aliphatic heterocycles. The molecule has 1 fully saturated rings. The number of nitrogens with zero attached hydrogens (tertiary/aromatic N) is 2. The van der Waals surface area contributed by atoms with Crippen molar-refractivity contribution in [2.24, 2.45) is 0 Å². The van der Waals surface area contributed by atoms with Crippen LogP contribution in [0.25, 0.3) is 0 Å². The fourth-order valence-electron chi connectivity index (χ4n) is 2.54. The van der Waals surface area contributed by atoms with E-state index in [1.165, 1.54) is 7.11 Å². The first-order valence-corrected chi connectivity index (χ1v) is 8.47. The number of nitrogens with one attached hydrogen (secondary N) is 2. The Labute approximate surface area is 144 Å². The summed E-state index contributed by atoms with van der Waals surface area (Å²) < 4.78 is 69.3. The summed E-state index contributed by atoms with van der Waals surface area (Å²) >= 11 is 0. The highest BCUT2D eigenvalue weighted by Crippen LogP contribution is 2.21. The van der Waals surface area contributed by atoms with Gasteiger partial charge in [-0.25, -0.2) is 13.1 Å². The highest BCUT2D eigenvalue weighted by molar-refractivity contribution is 7.89. The van der Waals surface area contributed by atoms with E-state index in [1.807, 2.05) is 0 Å². The molecular weight excluding hydrogens is 373 g/mol. The lowest BCUT2D eigenvalue weighted by Crippen LogP contribution is -2.52. The summed E-state index contributed by atoms with van der Waals surface area (Å²) in [5, 5.41) is 6.65. The average Bonchev–Trinajstić information content (AvgIpc) is 3.06. The minimum Gasteiger partial charge on any atom is -0.383 e. The van der Waals surface area contributed by atoms with Gasteiger partial charge in [-0.3, -0.25) is 4.68 Å². The van der Waals surface area contributed by atoms with E-state index >= 15 is 0 Å². The van der Waals surface area contributed by atoms with E-state index in [-0.39, 0.29) is 23.8 Å². The fraction of sp³-hybridized carbons (Fsp3) is 0.750. The van der Waals surface area contributed by atoms with Gasteiger partial charge in [0.1, 0.15) is 11.4 Å². The summed E-state index contributed by atoms with van der Waals surface area (Å²) in [6, 6.07) is 0. The molecular formula is C12H20ClF3N4O3S. The third-order valence-corrected chi connectivity index (χ3v) is 4.97. The molecule has 24 heavy (non-hydrogen) atoms. The van der Waals surface area contributed by atoms with Crippen LogP contribution in [0, 0.1) is 0 Å². The predicted octanol–water partition coefficient (Wildman–Crippen LogP) is 0.914. The minimum absolute atomic E-state index is 0. The molecule has 1 aromatic rings. The SMILES string of the molecule is COCC1(CNS(=O)(=O)c2cnn(CC(F)(F)F)c2)CCCN1.Cl. The molecule has 1 unspecified atom stereocenters. The molecule has 1 saturated heterocycles. The lowest BCUT2D eigenvalue weighted by Gasteiger charge is -2.28. The number of halogens is 4. The first-order valence-electron chi connectivity index (χ1n) is 6.99. The van der Waals surface area contributed by atoms with Gasteiger partial charge in [-0.2, -0.15) is 18.3 Å². The molecule has 140 valence electrons. The van der Waals surface area contributed by atoms with Crippen molar-refractivity contribution in [3.05, 3.63) is 12.4 Å². The van der Waals surface area contributed by atoms with Crippen LogP contribution in [0.2, 0.25) is 0 Å². The molecule has 2 rings (SSSR count). The number of alkyl halides is 3. The standard InChI is InChI=1S/C12H19F3N4O3S.ClH/c1-22-9-11(3-2-4-16-11)7-18-23(20,21)10-5-17-19(6-10)8-12(13,14)15;/h5-6,16,18H,2-4,7-9H2,1H3;1H. The van der Waals surface area contributed by atoms with E-state index in [1.54, 1.807) is 0 Å². The van der Waals surface area contributed by atoms with Crippen LogP contribution in [0.15, 0.2) is 17.3 Å². The molecule has 1 atom stereocenters. The molecule has 0 bridgehead atoms. The Balaban J connectivity index is 0.00000288. The zero-order valence-electron chi connectivity index (χ0n) is 13.0. The topological polar surface area (TPSA) is 85.2 Å². The van der Waals surface area contributed by atoms with Crippen LogP contribution >= 0.6 is 12.4 Å². The van der Waals surface area contributed by atoms with E-state index in [4.69, 9.17) is 4.74 Å². The molecule has 0 radical (unpaired) electrons. The van der Waals surface area contributed by atoms with Crippen LogP contribution < -0.4 is 10.0 Å². The third kappa shape index (κ3) is 5.59. The zero-order valence-corrected chi connectivity index (χ0v) is 14.6. The molecule has 0 saturated carbocycles. The molecule has 12 heteroatoms. The zero-order chi connectivity index (χ0) is 17.1. The van der Waals surface area contributed by atoms with E-state index in [0.29, 0.717) is 11.3 Å². The number of hydrogen-bond acceptors (Lipinski definition) is 5. The Morgan fingerprint density at radius 1 is 1.50 bits per heavy atom. The first kappa shape index (κ1) is 21.2. The maximum atomic E-state index is 12.3. The third-order valence-electron chi connectivity index (χ3n) is 3.61. The molecule has 1 aromatic heterocycles. The van der Waals surface area contributed by atoms with Crippen molar-refractivity contribution in [3.63, 3.8) is 0 Å². The number of ether oxygens (including phenoxy) is 1. The Hall–Kier alpha value is -0.880. The van der Waals surface area contributed by atoms with Crippen molar-refractivity contribution >= 4 is 22.4 Å². The predicted molar refractivity (Wildman–Crippen MR) is 82.6 cm³/mol. The molecule has 0 aromatic carbocycles. The highest BCUT2D eigenvalue weighted by Gasteiger charge is 2.35. The quantitative estimate of drug-likeness (QED) is 0.720. The summed E-state index contributed by atoms with van der Waals surface area (Å²) in [6.07, 6.45) is -1.05. The molecule has 2 heterocycles. The monoisotopic (exact) mass is 392 g/mol. The lowest BCUT2D eigenvalue weighted by molar-refractivity contribution is -0.142. The number of hydrogen-bond donors (Lipinski definition) is 2. The second kappa shape index (κ2) is 8.00. The van der Waals surface area contributed by atoms with E-state index in [2.05, 4.69) is 15.1 Å². The number of aromatic nitrogens is 2. The first-order chi connectivity index (χ1) is 10.7. The Bertz CT molecular complexity index is 630. The Morgan fingerprint density at radius 3 is 2.75 bits per heavy atom. The molecule has 0 amide bonds. The van der Waals surface area contributed by atoms with Crippen LogP contribution in [-0.2, 0) is 21.3 Å². The maximum absolute atomic E-state index is 12.3. The molecule has 2 N–H and O–H groups in total. The fourth-order valence-corrected chi connectivity index (χ4v) is 3.62. The molecule has 0 spiro atoms. The van der Waals surface area contributed by atoms with Gasteiger partial charge in [0.05, 0.1) is 18.3 Å². The van der Waals surface area contributed by atoms with Crippen molar-refractivity contribution in [2.45, 2.75) is 36.0 Å². The Kier molecular flexibility index (Phi) is 7.05. The summed E-state index contributed by atoms with van der Waals surface area (Å²) in [6.45, 7) is -0.150. The van der Waals surface area contributed by atoms with Crippen molar-refractivity contribution in [2.75, 3.05) is 26.8 Å². The largest absolute Gasteiger partial charge is 0.408 e. The summed E-state index contributed by atoms with van der Waals surface area (Å²) in [4.78, 5) is -0.299. The van der Waals surface area contributed by atoms with Gasteiger partial charge in [0.15, 0.2) is 0 Å². The number of sulfonamides is 1. The van der Waals surface area contributed by atoms with Gasteiger partial charge in [-0.1, -0.05) is 0 Å². The van der Waals surface area contributed by atoms with Crippen LogP contribution in [0.3, 0.4) is 0 Å². The second-order valence-corrected chi connectivity index (χ2v) is 7.32. The van der Waals surface area contributed by atoms with Crippen LogP contribution in [0.4, 0.5) is 13.2 Å². The number of methoxy groups -OCH3 is 1. The van der Waals surface area contributed by atoms with Crippen LogP contribution in [0.1, 0.15) is 12.8 Å². The van der Waals surface area contributed by atoms with Gasteiger partial charge in [0.25, 0.3) is 0 Å². The van der Waals surface area contributed by atoms with Crippen LogP contribution in [0.5, 0.6) is 0 Å². The van der Waals surface area contributed by atoms with Gasteiger partial charge in [-0.05, 0) is 19.4 Å². The van der Waals surface area contributed by atoms with Gasteiger partial charge in [0, 0.05) is 19.9 Å². The second-order valence-electron chi connectivity index (χ2n) is 5.56. The summed E-state index contributed by atoms with van der Waals surface area (Å²) in [7, 11) is -2.41.